The van der Waals surface area contributed by atoms with Gasteiger partial charge in [-0.1, -0.05) is 24.3 Å². The van der Waals surface area contributed by atoms with Crippen molar-refractivity contribution in [1.82, 2.24) is 15.2 Å². The summed E-state index contributed by atoms with van der Waals surface area (Å²) in [6.45, 7) is 0. The summed E-state index contributed by atoms with van der Waals surface area (Å²) in [7, 11) is 3.19. The monoisotopic (exact) mass is 405 g/mol. The van der Waals surface area contributed by atoms with Gasteiger partial charge in [-0.15, -0.1) is 0 Å². The Kier molecular flexibility index (Phi) is 4.68. The van der Waals surface area contributed by atoms with Gasteiger partial charge in [-0.25, -0.2) is 0 Å². The molecule has 3 aromatic rings. The molecule has 1 amide bonds. The third-order valence-electron chi connectivity index (χ3n) is 5.03. The minimum Gasteiger partial charge on any atom is -0.508 e. The number of thiocarbonyl (C=S) groups is 1. The van der Waals surface area contributed by atoms with Crippen LogP contribution < -0.4 is 10.1 Å². The SMILES string of the molecule is COc1cc(O)cc(-c2cccc(C3(c4ccccn4)NC(=S)N(C)C3=O)c2)c1. The number of aromatic hydroxyl groups is 1. The number of nitrogens with zero attached hydrogens (tertiary/aromatic N) is 2. The molecular weight excluding hydrogens is 386 g/mol. The predicted molar refractivity (Wildman–Crippen MR) is 114 cm³/mol. The second kappa shape index (κ2) is 7.18. The van der Waals surface area contributed by atoms with Gasteiger partial charge in [-0.3, -0.25) is 14.7 Å². The molecule has 7 heteroatoms. The average Bonchev–Trinajstić information content (AvgIpc) is 2.99. The number of likely N-dealkylation sites (N-methyl/N-ethyl adjacent to an activating group) is 1. The zero-order valence-electron chi connectivity index (χ0n) is 15.9. The number of carbonyl (C=O) groups excluding carboxylic acids is 1. The number of phenols is 1. The highest BCUT2D eigenvalue weighted by atomic mass is 32.1. The third-order valence-corrected chi connectivity index (χ3v) is 5.41. The van der Waals surface area contributed by atoms with Crippen molar-refractivity contribution in [2.45, 2.75) is 5.54 Å². The molecule has 0 aliphatic carbocycles. The molecule has 1 aliphatic rings. The molecule has 4 rings (SSSR count). The van der Waals surface area contributed by atoms with Crippen LogP contribution in [-0.2, 0) is 10.3 Å². The molecule has 2 N–H and O–H groups in total. The summed E-state index contributed by atoms with van der Waals surface area (Å²) in [6.07, 6.45) is 1.65. The minimum atomic E-state index is -1.22. The van der Waals surface area contributed by atoms with Gasteiger partial charge in [0.25, 0.3) is 5.91 Å². The molecule has 6 nitrogen and oxygen atoms in total. The van der Waals surface area contributed by atoms with Gasteiger partial charge >= 0.3 is 0 Å². The lowest BCUT2D eigenvalue weighted by atomic mass is 9.84. The number of carbonyl (C=O) groups is 1. The molecule has 0 bridgehead atoms. The van der Waals surface area contributed by atoms with Crippen molar-refractivity contribution in [3.63, 3.8) is 0 Å². The number of benzene rings is 2. The maximum Gasteiger partial charge on any atom is 0.265 e. The van der Waals surface area contributed by atoms with Gasteiger partial charge in [-0.05, 0) is 59.2 Å². The van der Waals surface area contributed by atoms with E-state index in [2.05, 4.69) is 10.3 Å². The largest absolute Gasteiger partial charge is 0.508 e. The van der Waals surface area contributed by atoms with E-state index in [1.807, 2.05) is 36.4 Å². The standard InChI is InChI=1S/C22H19N3O3S/c1-25-20(27)22(24-21(25)29,19-8-3-4-9-23-19)16-7-5-6-14(10-16)15-11-17(26)13-18(12-15)28-2/h3-13,26H,1-2H3,(H,24,29). The molecule has 1 aliphatic heterocycles. The Morgan fingerprint density at radius 3 is 2.59 bits per heavy atom. The first-order chi connectivity index (χ1) is 14.0. The summed E-state index contributed by atoms with van der Waals surface area (Å²) in [6, 6.07) is 18.0. The number of ether oxygens (including phenoxy) is 1. The van der Waals surface area contributed by atoms with Crippen molar-refractivity contribution in [2.75, 3.05) is 14.2 Å². The fourth-order valence-electron chi connectivity index (χ4n) is 3.54. The lowest BCUT2D eigenvalue weighted by Crippen LogP contribution is -2.45. The number of nitrogens with one attached hydrogen (secondary N) is 1. The van der Waals surface area contributed by atoms with E-state index in [0.29, 0.717) is 22.1 Å². The number of hydrogen-bond donors (Lipinski definition) is 2. The fraction of sp³-hybridized carbons (Fsp3) is 0.136. The van der Waals surface area contributed by atoms with Crippen LogP contribution in [0.1, 0.15) is 11.3 Å². The highest BCUT2D eigenvalue weighted by Crippen LogP contribution is 2.37. The first-order valence-electron chi connectivity index (χ1n) is 8.96. The topological polar surface area (TPSA) is 74.7 Å². The van der Waals surface area contributed by atoms with Crippen LogP contribution in [-0.4, -0.2) is 40.2 Å². The summed E-state index contributed by atoms with van der Waals surface area (Å²) in [4.78, 5) is 19.2. The van der Waals surface area contributed by atoms with E-state index in [0.717, 1.165) is 11.1 Å². The van der Waals surface area contributed by atoms with Crippen molar-refractivity contribution < 1.29 is 14.6 Å². The number of pyridine rings is 1. The number of methoxy groups -OCH3 is 1. The molecule has 1 aromatic heterocycles. The molecule has 1 fully saturated rings. The summed E-state index contributed by atoms with van der Waals surface area (Å²) in [5, 5.41) is 13.5. The molecule has 0 radical (unpaired) electrons. The van der Waals surface area contributed by atoms with E-state index in [4.69, 9.17) is 17.0 Å². The number of aromatic nitrogens is 1. The van der Waals surface area contributed by atoms with Gasteiger partial charge in [0.1, 0.15) is 11.5 Å². The Morgan fingerprint density at radius 1 is 1.10 bits per heavy atom. The van der Waals surface area contributed by atoms with E-state index in [1.54, 1.807) is 38.6 Å². The van der Waals surface area contributed by atoms with E-state index < -0.39 is 5.54 Å². The highest BCUT2D eigenvalue weighted by Gasteiger charge is 2.52. The van der Waals surface area contributed by atoms with E-state index in [-0.39, 0.29) is 11.7 Å². The first-order valence-corrected chi connectivity index (χ1v) is 9.37. The van der Waals surface area contributed by atoms with Crippen molar-refractivity contribution >= 4 is 23.2 Å². The summed E-state index contributed by atoms with van der Waals surface area (Å²) < 4.78 is 5.26. The van der Waals surface area contributed by atoms with Crippen molar-refractivity contribution in [1.29, 1.82) is 0 Å². The molecule has 0 saturated carbocycles. The molecular formula is C22H19N3O3S. The molecule has 1 saturated heterocycles. The fourth-order valence-corrected chi connectivity index (χ4v) is 3.78. The van der Waals surface area contributed by atoms with Crippen LogP contribution in [0.4, 0.5) is 0 Å². The zero-order chi connectivity index (χ0) is 20.6. The minimum absolute atomic E-state index is 0.0974. The van der Waals surface area contributed by atoms with E-state index in [1.165, 1.54) is 11.0 Å². The van der Waals surface area contributed by atoms with Crippen LogP contribution in [0.15, 0.2) is 66.9 Å². The molecule has 0 spiro atoms. The lowest BCUT2D eigenvalue weighted by molar-refractivity contribution is -0.129. The molecule has 1 atom stereocenters. The first kappa shape index (κ1) is 18.9. The summed E-state index contributed by atoms with van der Waals surface area (Å²) >= 11 is 5.36. The van der Waals surface area contributed by atoms with Gasteiger partial charge in [0.2, 0.25) is 0 Å². The van der Waals surface area contributed by atoms with Gasteiger partial charge in [0.15, 0.2) is 10.7 Å². The normalized spacial score (nSPS) is 18.6. The van der Waals surface area contributed by atoms with Crippen LogP contribution >= 0.6 is 12.2 Å². The van der Waals surface area contributed by atoms with Gasteiger partial charge in [-0.2, -0.15) is 0 Å². The van der Waals surface area contributed by atoms with E-state index >= 15 is 0 Å². The Labute approximate surface area is 173 Å². The maximum absolute atomic E-state index is 13.3. The Hall–Kier alpha value is -3.45. The smallest absolute Gasteiger partial charge is 0.265 e. The van der Waals surface area contributed by atoms with Crippen molar-refractivity contribution in [3.05, 3.63) is 78.1 Å². The molecule has 29 heavy (non-hydrogen) atoms. The molecule has 1 unspecified atom stereocenters. The van der Waals surface area contributed by atoms with Crippen molar-refractivity contribution in [2.24, 2.45) is 0 Å². The van der Waals surface area contributed by atoms with Crippen LogP contribution in [0.25, 0.3) is 11.1 Å². The second-order valence-electron chi connectivity index (χ2n) is 6.76. The zero-order valence-corrected chi connectivity index (χ0v) is 16.7. The Bertz CT molecular complexity index is 1100. The number of phenolic OH excluding ortho intramolecular Hbond substituents is 1. The van der Waals surface area contributed by atoms with Crippen LogP contribution in [0, 0.1) is 0 Å². The number of amides is 1. The third kappa shape index (κ3) is 3.09. The Balaban J connectivity index is 1.90. The summed E-state index contributed by atoms with van der Waals surface area (Å²) in [5.41, 5.74) is 1.63. The maximum atomic E-state index is 13.3. The van der Waals surface area contributed by atoms with Crippen molar-refractivity contribution in [3.8, 4) is 22.6 Å². The van der Waals surface area contributed by atoms with Crippen LogP contribution in [0.3, 0.4) is 0 Å². The lowest BCUT2D eigenvalue weighted by Gasteiger charge is -2.27. The second-order valence-corrected chi connectivity index (χ2v) is 7.15. The van der Waals surface area contributed by atoms with Crippen LogP contribution in [0.5, 0.6) is 11.5 Å². The van der Waals surface area contributed by atoms with Gasteiger partial charge < -0.3 is 15.2 Å². The molecule has 2 aromatic carbocycles. The number of rotatable bonds is 4. The molecule has 146 valence electrons. The van der Waals surface area contributed by atoms with E-state index in [9.17, 15) is 9.90 Å². The van der Waals surface area contributed by atoms with Gasteiger partial charge in [0, 0.05) is 19.3 Å². The Morgan fingerprint density at radius 2 is 1.93 bits per heavy atom. The average molecular weight is 405 g/mol. The van der Waals surface area contributed by atoms with Gasteiger partial charge in [0.05, 0.1) is 12.8 Å². The highest BCUT2D eigenvalue weighted by molar-refractivity contribution is 7.80. The molecule has 2 heterocycles. The quantitative estimate of drug-likeness (QED) is 0.650. The summed E-state index contributed by atoms with van der Waals surface area (Å²) in [5.74, 6) is 0.438. The predicted octanol–water partition coefficient (Wildman–Crippen LogP) is 3.05. The van der Waals surface area contributed by atoms with Crippen LogP contribution in [0.2, 0.25) is 0 Å². The number of hydrogen-bond acceptors (Lipinski definition) is 5.